The minimum Gasteiger partial charge on any atom is -0.456 e. The van der Waals surface area contributed by atoms with Crippen molar-refractivity contribution in [2.24, 2.45) is 0 Å². The molecule has 0 unspecified atom stereocenters. The zero-order valence-corrected chi connectivity index (χ0v) is 31.0. The Labute approximate surface area is 324 Å². The molecule has 0 N–H and O–H groups in total. The third-order valence-corrected chi connectivity index (χ3v) is 11.5. The fourth-order valence-electron chi connectivity index (χ4n) is 8.71. The summed E-state index contributed by atoms with van der Waals surface area (Å²) >= 11 is 0. The van der Waals surface area contributed by atoms with Gasteiger partial charge in [-0.25, -0.2) is 4.98 Å². The molecule has 56 heavy (non-hydrogen) atoms. The van der Waals surface area contributed by atoms with Crippen LogP contribution in [0, 0.1) is 0 Å². The Hall–Kier alpha value is -7.17. The Morgan fingerprint density at radius 1 is 0.429 bits per heavy atom. The van der Waals surface area contributed by atoms with Crippen molar-refractivity contribution in [1.29, 1.82) is 0 Å². The van der Waals surface area contributed by atoms with Crippen molar-refractivity contribution in [3.05, 3.63) is 193 Å². The van der Waals surface area contributed by atoms with Gasteiger partial charge >= 0.3 is 0 Å². The number of hydrogen-bond donors (Lipinski definition) is 0. The van der Waals surface area contributed by atoms with E-state index >= 15 is 0 Å². The van der Waals surface area contributed by atoms with Gasteiger partial charge < -0.3 is 13.7 Å². The predicted octanol–water partition coefficient (Wildman–Crippen LogP) is 14.5. The molecule has 4 nitrogen and oxygen atoms in total. The second kappa shape index (κ2) is 12.4. The Morgan fingerprint density at radius 3 is 1.95 bits per heavy atom. The molecule has 1 aliphatic carbocycles. The number of nitrogens with zero attached hydrogens (tertiary/aromatic N) is 2. The molecule has 10 aromatic rings. The molecule has 0 amide bonds. The lowest BCUT2D eigenvalue weighted by Gasteiger charge is -2.28. The molecule has 2 aromatic heterocycles. The van der Waals surface area contributed by atoms with Gasteiger partial charge in [0, 0.05) is 38.8 Å². The van der Waals surface area contributed by atoms with Crippen molar-refractivity contribution >= 4 is 50.1 Å². The number of anilines is 3. The van der Waals surface area contributed by atoms with Crippen LogP contribution in [0.3, 0.4) is 0 Å². The molecule has 2 heterocycles. The largest absolute Gasteiger partial charge is 0.456 e. The van der Waals surface area contributed by atoms with Gasteiger partial charge in [0.25, 0.3) is 0 Å². The van der Waals surface area contributed by atoms with E-state index in [0.29, 0.717) is 5.89 Å². The summed E-state index contributed by atoms with van der Waals surface area (Å²) in [4.78, 5) is 7.17. The average Bonchev–Trinajstić information content (AvgIpc) is 3.92. The molecule has 0 atom stereocenters. The Balaban J connectivity index is 0.995. The molecule has 0 saturated carbocycles. The van der Waals surface area contributed by atoms with Gasteiger partial charge in [-0.1, -0.05) is 123 Å². The van der Waals surface area contributed by atoms with Gasteiger partial charge in [-0.2, -0.15) is 0 Å². The van der Waals surface area contributed by atoms with Crippen LogP contribution >= 0.6 is 0 Å². The highest BCUT2D eigenvalue weighted by Crippen LogP contribution is 2.51. The van der Waals surface area contributed by atoms with E-state index in [1.54, 1.807) is 0 Å². The van der Waals surface area contributed by atoms with E-state index in [1.165, 1.54) is 33.4 Å². The molecule has 0 saturated heterocycles. The summed E-state index contributed by atoms with van der Waals surface area (Å²) in [6.45, 7) is 4.68. The molecule has 0 bridgehead atoms. The van der Waals surface area contributed by atoms with Crippen LogP contribution in [0.5, 0.6) is 0 Å². The zero-order valence-electron chi connectivity index (χ0n) is 31.0. The third-order valence-electron chi connectivity index (χ3n) is 11.5. The van der Waals surface area contributed by atoms with Crippen LogP contribution < -0.4 is 4.90 Å². The first-order valence-electron chi connectivity index (χ1n) is 19.1. The molecule has 0 fully saturated rings. The molecular weight excluding hydrogens is 685 g/mol. The number of oxazole rings is 1. The Bertz CT molecular complexity index is 3080. The molecule has 0 aliphatic heterocycles. The average molecular weight is 721 g/mol. The van der Waals surface area contributed by atoms with E-state index < -0.39 is 0 Å². The summed E-state index contributed by atoms with van der Waals surface area (Å²) in [6, 6.07) is 64.5. The maximum Gasteiger partial charge on any atom is 0.228 e. The van der Waals surface area contributed by atoms with Crippen molar-refractivity contribution in [1.82, 2.24) is 4.98 Å². The van der Waals surface area contributed by atoms with Crippen LogP contribution in [0.1, 0.15) is 25.0 Å². The lowest BCUT2D eigenvalue weighted by molar-refractivity contribution is 0.620. The lowest BCUT2D eigenvalue weighted by Crippen LogP contribution is -2.16. The summed E-state index contributed by atoms with van der Waals surface area (Å²) < 4.78 is 12.7. The smallest absolute Gasteiger partial charge is 0.228 e. The number of benzene rings is 8. The molecule has 8 aromatic carbocycles. The SMILES string of the molecule is CC1(C)c2ccccc2-c2ccc(N(c3ccc(-c4ccc5c(c4)oc4cccc(-c6nc7ccccc7o6)c45)cc3)c3cccc(-c4ccccc4)c3)cc21. The van der Waals surface area contributed by atoms with Gasteiger partial charge in [0.1, 0.15) is 16.7 Å². The van der Waals surface area contributed by atoms with Crippen molar-refractivity contribution in [3.8, 4) is 44.8 Å². The minimum atomic E-state index is -0.109. The molecular formula is C52H36N2O2. The molecule has 266 valence electrons. The van der Waals surface area contributed by atoms with Gasteiger partial charge in [0.2, 0.25) is 5.89 Å². The highest BCUT2D eigenvalue weighted by molar-refractivity contribution is 6.12. The monoisotopic (exact) mass is 720 g/mol. The van der Waals surface area contributed by atoms with E-state index in [-0.39, 0.29) is 5.41 Å². The van der Waals surface area contributed by atoms with E-state index in [4.69, 9.17) is 13.8 Å². The van der Waals surface area contributed by atoms with Crippen molar-refractivity contribution in [3.63, 3.8) is 0 Å². The lowest BCUT2D eigenvalue weighted by atomic mass is 9.82. The summed E-state index contributed by atoms with van der Waals surface area (Å²) in [5.41, 5.74) is 17.3. The number of para-hydroxylation sites is 2. The summed E-state index contributed by atoms with van der Waals surface area (Å²) in [7, 11) is 0. The highest BCUT2D eigenvalue weighted by Gasteiger charge is 2.35. The predicted molar refractivity (Wildman–Crippen MR) is 230 cm³/mol. The second-order valence-electron chi connectivity index (χ2n) is 15.2. The molecule has 0 spiro atoms. The quantitative estimate of drug-likeness (QED) is 0.171. The van der Waals surface area contributed by atoms with Crippen molar-refractivity contribution in [2.45, 2.75) is 19.3 Å². The first-order valence-corrected chi connectivity index (χ1v) is 19.1. The first kappa shape index (κ1) is 32.3. The molecule has 0 radical (unpaired) electrons. The van der Waals surface area contributed by atoms with Crippen LogP contribution in [0.25, 0.3) is 77.9 Å². The van der Waals surface area contributed by atoms with Crippen LogP contribution in [-0.4, -0.2) is 4.98 Å². The maximum absolute atomic E-state index is 6.48. The fourth-order valence-corrected chi connectivity index (χ4v) is 8.71. The third kappa shape index (κ3) is 5.10. The standard InChI is InChI=1S/C52H36N2O2/c1-52(2)44-18-7-6-16-40(44)41-29-27-39(32-45(41)52)54(38-15-10-14-35(30-38)33-12-4-3-5-13-33)37-25-22-34(23-26-37)36-24-28-42-49(31-36)55-48-21-11-17-43(50(42)48)51-53-46-19-8-9-20-47(46)56-51/h3-32H,1-2H3. The summed E-state index contributed by atoms with van der Waals surface area (Å²) in [5, 5.41) is 2.04. The second-order valence-corrected chi connectivity index (χ2v) is 15.2. The van der Waals surface area contributed by atoms with Crippen LogP contribution in [0.15, 0.2) is 191 Å². The number of hydrogen-bond acceptors (Lipinski definition) is 4. The van der Waals surface area contributed by atoms with E-state index in [1.807, 2.05) is 36.4 Å². The van der Waals surface area contributed by atoms with Crippen LogP contribution in [0.2, 0.25) is 0 Å². The van der Waals surface area contributed by atoms with Gasteiger partial charge in [-0.05, 0) is 117 Å². The minimum absolute atomic E-state index is 0.109. The molecule has 1 aliphatic rings. The van der Waals surface area contributed by atoms with Crippen LogP contribution in [-0.2, 0) is 5.41 Å². The van der Waals surface area contributed by atoms with E-state index in [2.05, 4.69) is 164 Å². The normalized spacial score (nSPS) is 13.0. The van der Waals surface area contributed by atoms with Gasteiger partial charge in [0.15, 0.2) is 5.58 Å². The molecule has 4 heteroatoms. The first-order chi connectivity index (χ1) is 27.5. The number of rotatable bonds is 6. The number of furan rings is 1. The number of aromatic nitrogens is 1. The maximum atomic E-state index is 6.48. The molecule has 11 rings (SSSR count). The summed E-state index contributed by atoms with van der Waals surface area (Å²) in [6.07, 6.45) is 0. The Kier molecular flexibility index (Phi) is 7.17. The van der Waals surface area contributed by atoms with Gasteiger partial charge in [-0.3, -0.25) is 0 Å². The van der Waals surface area contributed by atoms with E-state index in [0.717, 1.165) is 66.8 Å². The van der Waals surface area contributed by atoms with E-state index in [9.17, 15) is 0 Å². The van der Waals surface area contributed by atoms with Crippen LogP contribution in [0.4, 0.5) is 17.1 Å². The van der Waals surface area contributed by atoms with Crippen molar-refractivity contribution in [2.75, 3.05) is 4.90 Å². The van der Waals surface area contributed by atoms with Crippen molar-refractivity contribution < 1.29 is 8.83 Å². The zero-order chi connectivity index (χ0) is 37.4. The topological polar surface area (TPSA) is 42.4 Å². The summed E-state index contributed by atoms with van der Waals surface area (Å²) in [5.74, 6) is 0.592. The van der Waals surface area contributed by atoms with Gasteiger partial charge in [-0.15, -0.1) is 0 Å². The van der Waals surface area contributed by atoms with Gasteiger partial charge in [0.05, 0.1) is 0 Å². The highest BCUT2D eigenvalue weighted by atomic mass is 16.3. The fraction of sp³-hybridized carbons (Fsp3) is 0.0577. The number of fused-ring (bicyclic) bond motifs is 7. The Morgan fingerprint density at radius 2 is 1.07 bits per heavy atom.